The summed E-state index contributed by atoms with van der Waals surface area (Å²) in [6.07, 6.45) is 7.91. The summed E-state index contributed by atoms with van der Waals surface area (Å²) in [5.74, 6) is 0.799. The number of benzene rings is 1. The Hall–Kier alpha value is -1.61. The molecule has 0 spiro atoms. The molecule has 0 amide bonds. The molecule has 4 rings (SSSR count). The standard InChI is InChI=1S/C18H22N2O/c1-2-6-15(5-1)21-18-11-13(12-19-14-9-10-14)16-7-3-4-8-17(16)20-18/h3-4,7-8,11,14-15,19H,1-2,5-6,9-10,12H2. The summed E-state index contributed by atoms with van der Waals surface area (Å²) in [5, 5.41) is 4.84. The van der Waals surface area contributed by atoms with Crippen LogP contribution in [0, 0.1) is 0 Å². The number of hydrogen-bond donors (Lipinski definition) is 1. The van der Waals surface area contributed by atoms with Crippen molar-refractivity contribution in [3.8, 4) is 5.88 Å². The van der Waals surface area contributed by atoms with Crippen molar-refractivity contribution in [1.29, 1.82) is 0 Å². The zero-order chi connectivity index (χ0) is 14.1. The predicted molar refractivity (Wildman–Crippen MR) is 84.5 cm³/mol. The minimum absolute atomic E-state index is 0.364. The zero-order valence-corrected chi connectivity index (χ0v) is 12.3. The van der Waals surface area contributed by atoms with Gasteiger partial charge in [0.15, 0.2) is 0 Å². The highest BCUT2D eigenvalue weighted by Crippen LogP contribution is 2.27. The van der Waals surface area contributed by atoms with E-state index in [0.717, 1.165) is 24.0 Å². The molecule has 2 aliphatic carbocycles. The fraction of sp³-hybridized carbons (Fsp3) is 0.500. The summed E-state index contributed by atoms with van der Waals surface area (Å²) in [6.45, 7) is 0.911. The van der Waals surface area contributed by atoms with Gasteiger partial charge in [0.1, 0.15) is 6.10 Å². The van der Waals surface area contributed by atoms with Crippen LogP contribution in [-0.4, -0.2) is 17.1 Å². The van der Waals surface area contributed by atoms with E-state index in [1.807, 2.05) is 6.07 Å². The van der Waals surface area contributed by atoms with Crippen molar-refractivity contribution in [2.45, 2.75) is 57.2 Å². The second kappa shape index (κ2) is 5.64. The van der Waals surface area contributed by atoms with Gasteiger partial charge >= 0.3 is 0 Å². The molecule has 2 aromatic rings. The van der Waals surface area contributed by atoms with Crippen LogP contribution in [0.1, 0.15) is 44.1 Å². The van der Waals surface area contributed by atoms with Crippen LogP contribution in [0.5, 0.6) is 5.88 Å². The van der Waals surface area contributed by atoms with E-state index in [2.05, 4.69) is 29.6 Å². The lowest BCUT2D eigenvalue weighted by molar-refractivity contribution is 0.202. The van der Waals surface area contributed by atoms with Crippen LogP contribution in [-0.2, 0) is 6.54 Å². The Balaban J connectivity index is 1.62. The minimum Gasteiger partial charge on any atom is -0.474 e. The Kier molecular flexibility index (Phi) is 3.52. The maximum atomic E-state index is 6.11. The quantitative estimate of drug-likeness (QED) is 0.905. The molecule has 1 aromatic carbocycles. The Morgan fingerprint density at radius 1 is 1.10 bits per heavy atom. The molecule has 21 heavy (non-hydrogen) atoms. The van der Waals surface area contributed by atoms with E-state index in [-0.39, 0.29) is 0 Å². The van der Waals surface area contributed by atoms with Gasteiger partial charge in [0.2, 0.25) is 5.88 Å². The predicted octanol–water partition coefficient (Wildman–Crippen LogP) is 3.81. The van der Waals surface area contributed by atoms with Gasteiger partial charge in [0.25, 0.3) is 0 Å². The van der Waals surface area contributed by atoms with Crippen LogP contribution < -0.4 is 10.1 Å². The molecule has 1 heterocycles. The summed E-state index contributed by atoms with van der Waals surface area (Å²) < 4.78 is 6.11. The molecule has 1 aromatic heterocycles. The van der Waals surface area contributed by atoms with Crippen molar-refractivity contribution in [3.05, 3.63) is 35.9 Å². The van der Waals surface area contributed by atoms with Crippen LogP contribution in [0.15, 0.2) is 30.3 Å². The molecule has 0 unspecified atom stereocenters. The Morgan fingerprint density at radius 3 is 2.71 bits per heavy atom. The SMILES string of the molecule is c1ccc2c(CNC3CC3)cc(OC3CCCC3)nc2c1. The number of aromatic nitrogens is 1. The number of hydrogen-bond acceptors (Lipinski definition) is 3. The average molecular weight is 282 g/mol. The topological polar surface area (TPSA) is 34.1 Å². The molecule has 2 saturated carbocycles. The maximum Gasteiger partial charge on any atom is 0.214 e. The third-order valence-electron chi connectivity index (χ3n) is 4.53. The Bertz CT molecular complexity index is 630. The van der Waals surface area contributed by atoms with E-state index in [9.17, 15) is 0 Å². The number of nitrogens with zero attached hydrogens (tertiary/aromatic N) is 1. The van der Waals surface area contributed by atoms with Gasteiger partial charge in [-0.25, -0.2) is 4.98 Å². The monoisotopic (exact) mass is 282 g/mol. The number of nitrogens with one attached hydrogen (secondary N) is 1. The third kappa shape index (κ3) is 3.03. The molecular formula is C18H22N2O. The summed E-state index contributed by atoms with van der Waals surface area (Å²) >= 11 is 0. The minimum atomic E-state index is 0.364. The highest BCUT2D eigenvalue weighted by molar-refractivity contribution is 5.82. The molecule has 0 saturated heterocycles. The molecule has 3 nitrogen and oxygen atoms in total. The van der Waals surface area contributed by atoms with Crippen molar-refractivity contribution in [1.82, 2.24) is 10.3 Å². The van der Waals surface area contributed by atoms with Gasteiger partial charge in [-0.3, -0.25) is 0 Å². The number of ether oxygens (including phenoxy) is 1. The van der Waals surface area contributed by atoms with Crippen LogP contribution >= 0.6 is 0 Å². The van der Waals surface area contributed by atoms with E-state index >= 15 is 0 Å². The lowest BCUT2D eigenvalue weighted by atomic mass is 10.1. The third-order valence-corrected chi connectivity index (χ3v) is 4.53. The number of rotatable bonds is 5. The molecule has 0 radical (unpaired) electrons. The van der Waals surface area contributed by atoms with Gasteiger partial charge in [-0.2, -0.15) is 0 Å². The van der Waals surface area contributed by atoms with E-state index in [1.54, 1.807) is 0 Å². The first-order chi connectivity index (χ1) is 10.4. The second-order valence-electron chi connectivity index (χ2n) is 6.32. The molecule has 1 N–H and O–H groups in total. The second-order valence-corrected chi connectivity index (χ2v) is 6.32. The van der Waals surface area contributed by atoms with Gasteiger partial charge in [0.05, 0.1) is 5.52 Å². The molecule has 110 valence electrons. The summed E-state index contributed by atoms with van der Waals surface area (Å²) in [4.78, 5) is 4.69. The first-order valence-electron chi connectivity index (χ1n) is 8.17. The fourth-order valence-electron chi connectivity index (χ4n) is 3.15. The largest absolute Gasteiger partial charge is 0.474 e. The van der Waals surface area contributed by atoms with Crippen molar-refractivity contribution >= 4 is 10.9 Å². The van der Waals surface area contributed by atoms with Crippen LogP contribution in [0.25, 0.3) is 10.9 Å². The van der Waals surface area contributed by atoms with Gasteiger partial charge < -0.3 is 10.1 Å². The number of pyridine rings is 1. The van der Waals surface area contributed by atoms with Gasteiger partial charge in [0, 0.05) is 24.0 Å². The Morgan fingerprint density at radius 2 is 1.90 bits per heavy atom. The van der Waals surface area contributed by atoms with Crippen molar-refractivity contribution in [2.24, 2.45) is 0 Å². The summed E-state index contributed by atoms with van der Waals surface area (Å²) in [5.41, 5.74) is 2.35. The van der Waals surface area contributed by atoms with Gasteiger partial charge in [-0.15, -0.1) is 0 Å². The molecular weight excluding hydrogens is 260 g/mol. The zero-order valence-electron chi connectivity index (χ0n) is 12.3. The lowest BCUT2D eigenvalue weighted by Gasteiger charge is -2.15. The lowest BCUT2D eigenvalue weighted by Crippen LogP contribution is -2.16. The van der Waals surface area contributed by atoms with Gasteiger partial charge in [-0.05, 0) is 50.2 Å². The molecule has 2 fully saturated rings. The van der Waals surface area contributed by atoms with Crippen molar-refractivity contribution in [3.63, 3.8) is 0 Å². The number of para-hydroxylation sites is 1. The maximum absolute atomic E-state index is 6.11. The fourth-order valence-corrected chi connectivity index (χ4v) is 3.15. The van der Waals surface area contributed by atoms with Crippen molar-refractivity contribution < 1.29 is 4.74 Å². The average Bonchev–Trinajstić information content (AvgIpc) is 3.21. The highest BCUT2D eigenvalue weighted by Gasteiger charge is 2.21. The van der Waals surface area contributed by atoms with Gasteiger partial charge in [-0.1, -0.05) is 18.2 Å². The van der Waals surface area contributed by atoms with Crippen LogP contribution in [0.2, 0.25) is 0 Å². The van der Waals surface area contributed by atoms with E-state index < -0.39 is 0 Å². The highest BCUT2D eigenvalue weighted by atomic mass is 16.5. The molecule has 0 bridgehead atoms. The van der Waals surface area contributed by atoms with E-state index in [0.29, 0.717) is 6.10 Å². The Labute approximate surface area is 125 Å². The molecule has 3 heteroatoms. The molecule has 2 aliphatic rings. The summed E-state index contributed by atoms with van der Waals surface area (Å²) in [7, 11) is 0. The van der Waals surface area contributed by atoms with E-state index in [4.69, 9.17) is 9.72 Å². The first kappa shape index (κ1) is 13.1. The summed E-state index contributed by atoms with van der Waals surface area (Å²) in [6, 6.07) is 11.2. The van der Waals surface area contributed by atoms with E-state index in [1.165, 1.54) is 49.5 Å². The normalized spacial score (nSPS) is 19.2. The van der Waals surface area contributed by atoms with Crippen LogP contribution in [0.4, 0.5) is 0 Å². The van der Waals surface area contributed by atoms with Crippen molar-refractivity contribution in [2.75, 3.05) is 0 Å². The molecule has 0 aliphatic heterocycles. The number of fused-ring (bicyclic) bond motifs is 1. The smallest absolute Gasteiger partial charge is 0.214 e. The first-order valence-corrected chi connectivity index (χ1v) is 8.17. The molecule has 0 atom stereocenters. The van der Waals surface area contributed by atoms with Crippen LogP contribution in [0.3, 0.4) is 0 Å².